The van der Waals surface area contributed by atoms with E-state index in [4.69, 9.17) is 5.11 Å². The Morgan fingerprint density at radius 3 is 2.85 bits per heavy atom. The summed E-state index contributed by atoms with van der Waals surface area (Å²) >= 11 is 1.29. The van der Waals surface area contributed by atoms with E-state index in [-0.39, 0.29) is 11.7 Å². The van der Waals surface area contributed by atoms with Crippen LogP contribution >= 0.6 is 11.3 Å². The van der Waals surface area contributed by atoms with Gasteiger partial charge in [-0.25, -0.2) is 0 Å². The molecule has 1 aromatic rings. The Morgan fingerprint density at radius 1 is 1.69 bits per heavy atom. The number of aromatic hydroxyl groups is 1. The molecule has 0 aliphatic heterocycles. The van der Waals surface area contributed by atoms with Gasteiger partial charge in [0.15, 0.2) is 0 Å². The zero-order chi connectivity index (χ0) is 9.42. The van der Waals surface area contributed by atoms with Crippen LogP contribution in [0.3, 0.4) is 0 Å². The first-order valence-electron chi connectivity index (χ1n) is 4.23. The van der Waals surface area contributed by atoms with E-state index < -0.39 is 0 Å². The predicted octanol–water partition coefficient (Wildman–Crippen LogP) is 1.69. The smallest absolute Gasteiger partial charge is 0.264 e. The van der Waals surface area contributed by atoms with Crippen LogP contribution in [-0.4, -0.2) is 29.0 Å². The monoisotopic (exact) mass is 197 g/mol. The fraction of sp³-hybridized carbons (Fsp3) is 0.444. The van der Waals surface area contributed by atoms with Gasteiger partial charge in [-0.1, -0.05) is 0 Å². The highest BCUT2D eigenvalue weighted by Crippen LogP contribution is 2.28. The normalized spacial score (nSPS) is 15.8. The Labute approximate surface area is 80.6 Å². The zero-order valence-electron chi connectivity index (χ0n) is 7.36. The number of carbonyl (C=O) groups excluding carboxylic acids is 1. The number of rotatable bonds is 2. The van der Waals surface area contributed by atoms with Crippen LogP contribution in [0.2, 0.25) is 0 Å². The molecule has 1 amide bonds. The summed E-state index contributed by atoms with van der Waals surface area (Å²) in [6, 6.07) is 1.95. The van der Waals surface area contributed by atoms with Crippen molar-refractivity contribution in [1.29, 1.82) is 0 Å². The summed E-state index contributed by atoms with van der Waals surface area (Å²) < 4.78 is 0. The number of hydrogen-bond donors (Lipinski definition) is 1. The molecule has 0 radical (unpaired) electrons. The van der Waals surface area contributed by atoms with Crippen LogP contribution in [0.15, 0.2) is 11.4 Å². The van der Waals surface area contributed by atoms with Gasteiger partial charge >= 0.3 is 0 Å². The maximum atomic E-state index is 11.7. The Morgan fingerprint density at radius 2 is 2.38 bits per heavy atom. The second kappa shape index (κ2) is 3.03. The van der Waals surface area contributed by atoms with Crippen molar-refractivity contribution in [3.8, 4) is 5.75 Å². The summed E-state index contributed by atoms with van der Waals surface area (Å²) in [6.07, 6.45) is 2.22. The molecule has 1 fully saturated rings. The predicted molar refractivity (Wildman–Crippen MR) is 51.1 cm³/mol. The van der Waals surface area contributed by atoms with E-state index in [1.807, 2.05) is 7.05 Å². The minimum Gasteiger partial charge on any atom is -0.507 e. The zero-order valence-corrected chi connectivity index (χ0v) is 8.17. The maximum Gasteiger partial charge on any atom is 0.264 e. The van der Waals surface area contributed by atoms with Crippen LogP contribution < -0.4 is 0 Å². The average Bonchev–Trinajstić information content (AvgIpc) is 2.87. The molecule has 1 aliphatic rings. The lowest BCUT2D eigenvalue weighted by Gasteiger charge is -2.14. The van der Waals surface area contributed by atoms with Crippen molar-refractivity contribution >= 4 is 17.2 Å². The number of thiophene rings is 1. The number of nitrogens with zero attached hydrogens (tertiary/aromatic N) is 1. The molecule has 13 heavy (non-hydrogen) atoms. The molecule has 0 saturated heterocycles. The number of hydrogen-bond acceptors (Lipinski definition) is 3. The largest absolute Gasteiger partial charge is 0.507 e. The molecule has 3 nitrogen and oxygen atoms in total. The summed E-state index contributed by atoms with van der Waals surface area (Å²) in [5.41, 5.74) is 0. The molecule has 0 aromatic carbocycles. The highest BCUT2D eigenvalue weighted by Gasteiger charge is 2.30. The molecule has 1 heterocycles. The van der Waals surface area contributed by atoms with E-state index >= 15 is 0 Å². The van der Waals surface area contributed by atoms with Gasteiger partial charge in [0, 0.05) is 24.5 Å². The highest BCUT2D eigenvalue weighted by molar-refractivity contribution is 7.12. The van der Waals surface area contributed by atoms with Crippen molar-refractivity contribution in [3.05, 3.63) is 16.3 Å². The van der Waals surface area contributed by atoms with E-state index in [0.29, 0.717) is 10.9 Å². The minimum atomic E-state index is 0.0211. The standard InChI is InChI=1S/C9H11NO2S/c1-10(6-2-3-6)9(12)8-4-7(11)5-13-8/h4-6,11H,2-3H2,1H3. The van der Waals surface area contributed by atoms with Gasteiger partial charge in [0.2, 0.25) is 0 Å². The second-order valence-electron chi connectivity index (χ2n) is 3.32. The third kappa shape index (κ3) is 1.67. The van der Waals surface area contributed by atoms with Gasteiger partial charge in [-0.2, -0.15) is 0 Å². The maximum absolute atomic E-state index is 11.7. The highest BCUT2D eigenvalue weighted by atomic mass is 32.1. The Hall–Kier alpha value is -1.03. The number of amides is 1. The van der Waals surface area contributed by atoms with Gasteiger partial charge in [0.1, 0.15) is 5.75 Å². The SMILES string of the molecule is CN(C(=O)c1cc(O)cs1)C1CC1. The van der Waals surface area contributed by atoms with Crippen LogP contribution in [0, 0.1) is 0 Å². The van der Waals surface area contributed by atoms with Crippen LogP contribution in [-0.2, 0) is 0 Å². The topological polar surface area (TPSA) is 40.5 Å². The van der Waals surface area contributed by atoms with Crippen molar-refractivity contribution < 1.29 is 9.90 Å². The first-order chi connectivity index (χ1) is 6.18. The summed E-state index contributed by atoms with van der Waals surface area (Å²) in [4.78, 5) is 14.0. The summed E-state index contributed by atoms with van der Waals surface area (Å²) in [6.45, 7) is 0. The summed E-state index contributed by atoms with van der Waals surface area (Å²) in [5, 5.41) is 10.7. The van der Waals surface area contributed by atoms with Gasteiger partial charge in [-0.15, -0.1) is 11.3 Å². The van der Waals surface area contributed by atoms with Gasteiger partial charge in [-0.05, 0) is 12.8 Å². The van der Waals surface area contributed by atoms with E-state index in [1.165, 1.54) is 17.4 Å². The molecule has 1 N–H and O–H groups in total. The molecule has 1 aromatic heterocycles. The van der Waals surface area contributed by atoms with Crippen LogP contribution in [0.1, 0.15) is 22.5 Å². The lowest BCUT2D eigenvalue weighted by atomic mass is 10.4. The van der Waals surface area contributed by atoms with E-state index in [9.17, 15) is 4.79 Å². The Bertz CT molecular complexity index is 330. The van der Waals surface area contributed by atoms with Crippen molar-refractivity contribution in [1.82, 2.24) is 4.90 Å². The van der Waals surface area contributed by atoms with Gasteiger partial charge < -0.3 is 10.0 Å². The van der Waals surface area contributed by atoms with Crippen LogP contribution in [0.25, 0.3) is 0 Å². The van der Waals surface area contributed by atoms with Crippen molar-refractivity contribution in [2.24, 2.45) is 0 Å². The molecule has 0 bridgehead atoms. The van der Waals surface area contributed by atoms with Crippen LogP contribution in [0.4, 0.5) is 0 Å². The Balaban J connectivity index is 2.11. The number of carbonyl (C=O) groups is 1. The van der Waals surface area contributed by atoms with Gasteiger partial charge in [-0.3, -0.25) is 4.79 Å². The van der Waals surface area contributed by atoms with E-state index in [1.54, 1.807) is 10.3 Å². The molecular formula is C9H11NO2S. The molecule has 2 rings (SSSR count). The fourth-order valence-electron chi connectivity index (χ4n) is 1.24. The molecule has 0 atom stereocenters. The molecule has 1 aliphatic carbocycles. The van der Waals surface area contributed by atoms with Gasteiger partial charge in [0.25, 0.3) is 5.91 Å². The lowest BCUT2D eigenvalue weighted by Crippen LogP contribution is -2.27. The molecular weight excluding hydrogens is 186 g/mol. The van der Waals surface area contributed by atoms with E-state index in [0.717, 1.165) is 12.8 Å². The first kappa shape index (κ1) is 8.56. The Kier molecular flexibility index (Phi) is 2.00. The third-order valence-electron chi connectivity index (χ3n) is 2.21. The fourth-order valence-corrected chi connectivity index (χ4v) is 1.99. The first-order valence-corrected chi connectivity index (χ1v) is 5.11. The lowest BCUT2D eigenvalue weighted by molar-refractivity contribution is 0.0789. The molecule has 1 saturated carbocycles. The van der Waals surface area contributed by atoms with Gasteiger partial charge in [0.05, 0.1) is 4.88 Å². The average molecular weight is 197 g/mol. The molecule has 4 heteroatoms. The second-order valence-corrected chi connectivity index (χ2v) is 4.23. The molecule has 0 spiro atoms. The molecule has 70 valence electrons. The quantitative estimate of drug-likeness (QED) is 0.783. The summed E-state index contributed by atoms with van der Waals surface area (Å²) in [5.74, 6) is 0.199. The van der Waals surface area contributed by atoms with E-state index in [2.05, 4.69) is 0 Å². The summed E-state index contributed by atoms with van der Waals surface area (Å²) in [7, 11) is 1.82. The molecule has 0 unspecified atom stereocenters. The van der Waals surface area contributed by atoms with Crippen molar-refractivity contribution in [2.45, 2.75) is 18.9 Å². The minimum absolute atomic E-state index is 0.0211. The van der Waals surface area contributed by atoms with Crippen molar-refractivity contribution in [2.75, 3.05) is 7.05 Å². The van der Waals surface area contributed by atoms with Crippen LogP contribution in [0.5, 0.6) is 5.75 Å². The van der Waals surface area contributed by atoms with Crippen molar-refractivity contribution in [3.63, 3.8) is 0 Å². The third-order valence-corrected chi connectivity index (χ3v) is 3.12.